The molecule has 1 saturated heterocycles. The number of carbonyl (C=O) groups is 1. The molecular weight excluding hydrogens is 366 g/mol. The van der Waals surface area contributed by atoms with Crippen molar-refractivity contribution in [2.45, 2.75) is 25.2 Å². The predicted octanol–water partition coefficient (Wildman–Crippen LogP) is 4.43. The summed E-state index contributed by atoms with van der Waals surface area (Å²) in [7, 11) is 0. The van der Waals surface area contributed by atoms with Gasteiger partial charge in [0.15, 0.2) is 11.5 Å². The average Bonchev–Trinajstić information content (AvgIpc) is 3.41. The molecule has 4 aromatic rings. The van der Waals surface area contributed by atoms with Crippen LogP contribution in [0.15, 0.2) is 69.7 Å². The van der Waals surface area contributed by atoms with Gasteiger partial charge in [-0.25, -0.2) is 9.97 Å². The number of benzene rings is 2. The Bertz CT molecular complexity index is 1090. The maximum Gasteiger partial charge on any atom is 0.228 e. The van der Waals surface area contributed by atoms with E-state index in [2.05, 4.69) is 9.97 Å². The highest BCUT2D eigenvalue weighted by Crippen LogP contribution is 2.30. The Kier molecular flexibility index (Phi) is 4.60. The molecule has 29 heavy (non-hydrogen) atoms. The molecule has 0 aliphatic carbocycles. The molecule has 2 aromatic carbocycles. The van der Waals surface area contributed by atoms with Gasteiger partial charge in [0.1, 0.15) is 11.8 Å². The highest BCUT2D eigenvalue weighted by Gasteiger charge is 2.27. The summed E-state index contributed by atoms with van der Waals surface area (Å²) >= 11 is 0. The van der Waals surface area contributed by atoms with Crippen LogP contribution in [0, 0.1) is 0 Å². The standard InChI is InChI=1S/C23H21N3O3/c27-21(14-18-15-28-22(24-18)16-6-2-1-3-7-16)26-12-10-17(11-13-26)23-25-19-8-4-5-9-20(19)29-23/h1-9,15,17H,10-14H2. The Morgan fingerprint density at radius 1 is 1.00 bits per heavy atom. The fourth-order valence-electron chi connectivity index (χ4n) is 3.81. The monoisotopic (exact) mass is 387 g/mol. The lowest BCUT2D eigenvalue weighted by Crippen LogP contribution is -2.38. The van der Waals surface area contributed by atoms with Crippen LogP contribution in [-0.2, 0) is 11.2 Å². The number of piperidine rings is 1. The molecule has 0 radical (unpaired) electrons. The van der Waals surface area contributed by atoms with Crippen LogP contribution < -0.4 is 0 Å². The first-order chi connectivity index (χ1) is 14.3. The molecule has 0 N–H and O–H groups in total. The second-order valence-corrected chi connectivity index (χ2v) is 7.36. The number of nitrogens with zero attached hydrogens (tertiary/aromatic N) is 3. The minimum Gasteiger partial charge on any atom is -0.444 e. The van der Waals surface area contributed by atoms with Crippen LogP contribution in [0.5, 0.6) is 0 Å². The lowest BCUT2D eigenvalue weighted by Gasteiger charge is -2.30. The number of para-hydroxylation sites is 2. The number of carbonyl (C=O) groups excluding carboxylic acids is 1. The number of fused-ring (bicyclic) bond motifs is 1. The van der Waals surface area contributed by atoms with Gasteiger partial charge in [0.25, 0.3) is 0 Å². The summed E-state index contributed by atoms with van der Waals surface area (Å²) in [6.07, 6.45) is 3.54. The molecule has 0 bridgehead atoms. The van der Waals surface area contributed by atoms with E-state index in [1.165, 1.54) is 0 Å². The second kappa shape index (κ2) is 7.54. The van der Waals surface area contributed by atoms with Gasteiger partial charge in [-0.2, -0.15) is 0 Å². The first kappa shape index (κ1) is 17.7. The number of hydrogen-bond acceptors (Lipinski definition) is 5. The molecular formula is C23H21N3O3. The van der Waals surface area contributed by atoms with Gasteiger partial charge >= 0.3 is 0 Å². The predicted molar refractivity (Wildman–Crippen MR) is 108 cm³/mol. The van der Waals surface area contributed by atoms with E-state index in [-0.39, 0.29) is 18.2 Å². The number of amides is 1. The van der Waals surface area contributed by atoms with Gasteiger partial charge < -0.3 is 13.7 Å². The van der Waals surface area contributed by atoms with Gasteiger partial charge in [-0.15, -0.1) is 0 Å². The minimum atomic E-state index is 0.0777. The van der Waals surface area contributed by atoms with E-state index >= 15 is 0 Å². The number of hydrogen-bond donors (Lipinski definition) is 0. The molecule has 3 heterocycles. The molecule has 6 nitrogen and oxygen atoms in total. The van der Waals surface area contributed by atoms with E-state index < -0.39 is 0 Å². The van der Waals surface area contributed by atoms with Crippen molar-refractivity contribution in [2.24, 2.45) is 0 Å². The van der Waals surface area contributed by atoms with Gasteiger partial charge in [-0.05, 0) is 37.1 Å². The Balaban J connectivity index is 1.20. The third kappa shape index (κ3) is 3.66. The zero-order chi connectivity index (χ0) is 19.6. The molecule has 1 fully saturated rings. The van der Waals surface area contributed by atoms with Crippen molar-refractivity contribution in [1.82, 2.24) is 14.9 Å². The van der Waals surface area contributed by atoms with Gasteiger partial charge in [-0.3, -0.25) is 4.79 Å². The Labute approximate surface area is 168 Å². The summed E-state index contributed by atoms with van der Waals surface area (Å²) in [5, 5.41) is 0. The lowest BCUT2D eigenvalue weighted by molar-refractivity contribution is -0.131. The van der Waals surface area contributed by atoms with Crippen molar-refractivity contribution in [3.63, 3.8) is 0 Å². The molecule has 5 rings (SSSR count). The molecule has 1 aliphatic heterocycles. The van der Waals surface area contributed by atoms with E-state index in [1.54, 1.807) is 6.26 Å². The van der Waals surface area contributed by atoms with Crippen LogP contribution in [0.2, 0.25) is 0 Å². The normalized spacial score (nSPS) is 15.1. The third-order valence-electron chi connectivity index (χ3n) is 5.41. The SMILES string of the molecule is O=C(Cc1coc(-c2ccccc2)n1)N1CCC(c2nc3ccccc3o2)CC1. The zero-order valence-corrected chi connectivity index (χ0v) is 16.0. The number of aromatic nitrogens is 2. The smallest absolute Gasteiger partial charge is 0.228 e. The second-order valence-electron chi connectivity index (χ2n) is 7.36. The van der Waals surface area contributed by atoms with Crippen LogP contribution in [-0.4, -0.2) is 33.9 Å². The number of oxazole rings is 2. The largest absolute Gasteiger partial charge is 0.444 e. The van der Waals surface area contributed by atoms with E-state index in [0.717, 1.165) is 35.4 Å². The van der Waals surface area contributed by atoms with Gasteiger partial charge in [0, 0.05) is 24.6 Å². The quantitative estimate of drug-likeness (QED) is 0.518. The van der Waals surface area contributed by atoms with Crippen LogP contribution in [0.4, 0.5) is 0 Å². The average molecular weight is 387 g/mol. The van der Waals surface area contributed by atoms with E-state index in [9.17, 15) is 4.79 Å². The summed E-state index contributed by atoms with van der Waals surface area (Å²) < 4.78 is 11.4. The summed E-state index contributed by atoms with van der Waals surface area (Å²) in [6.45, 7) is 1.40. The topological polar surface area (TPSA) is 72.4 Å². The van der Waals surface area contributed by atoms with Crippen molar-refractivity contribution in [3.05, 3.63) is 72.4 Å². The van der Waals surface area contributed by atoms with Gasteiger partial charge in [0.2, 0.25) is 11.8 Å². The van der Waals surface area contributed by atoms with Crippen molar-refractivity contribution >= 4 is 17.0 Å². The van der Waals surface area contributed by atoms with E-state index in [0.29, 0.717) is 24.7 Å². The molecule has 146 valence electrons. The zero-order valence-electron chi connectivity index (χ0n) is 16.0. The van der Waals surface area contributed by atoms with Crippen molar-refractivity contribution in [3.8, 4) is 11.5 Å². The maximum absolute atomic E-state index is 12.7. The fraction of sp³-hybridized carbons (Fsp3) is 0.261. The van der Waals surface area contributed by atoms with Crippen LogP contribution in [0.25, 0.3) is 22.6 Å². The van der Waals surface area contributed by atoms with Crippen molar-refractivity contribution in [2.75, 3.05) is 13.1 Å². The number of likely N-dealkylation sites (tertiary alicyclic amines) is 1. The molecule has 0 atom stereocenters. The third-order valence-corrected chi connectivity index (χ3v) is 5.41. The molecule has 0 unspecified atom stereocenters. The molecule has 1 aliphatic rings. The first-order valence-electron chi connectivity index (χ1n) is 9.89. The molecule has 0 spiro atoms. The number of rotatable bonds is 4. The van der Waals surface area contributed by atoms with Crippen LogP contribution >= 0.6 is 0 Å². The molecule has 6 heteroatoms. The minimum absolute atomic E-state index is 0.0777. The highest BCUT2D eigenvalue weighted by molar-refractivity contribution is 5.78. The lowest BCUT2D eigenvalue weighted by atomic mass is 9.96. The van der Waals surface area contributed by atoms with Crippen LogP contribution in [0.1, 0.15) is 30.3 Å². The first-order valence-corrected chi connectivity index (χ1v) is 9.89. The van der Waals surface area contributed by atoms with E-state index in [4.69, 9.17) is 8.83 Å². The fourth-order valence-corrected chi connectivity index (χ4v) is 3.81. The van der Waals surface area contributed by atoms with Gasteiger partial charge in [0.05, 0.1) is 12.1 Å². The summed E-state index contributed by atoms with van der Waals surface area (Å²) in [5.74, 6) is 1.66. The maximum atomic E-state index is 12.7. The molecule has 2 aromatic heterocycles. The van der Waals surface area contributed by atoms with Crippen molar-refractivity contribution in [1.29, 1.82) is 0 Å². The van der Waals surface area contributed by atoms with Gasteiger partial charge in [-0.1, -0.05) is 30.3 Å². The Hall–Kier alpha value is -3.41. The van der Waals surface area contributed by atoms with Crippen molar-refractivity contribution < 1.29 is 13.6 Å². The Morgan fingerprint density at radius 3 is 2.55 bits per heavy atom. The van der Waals surface area contributed by atoms with E-state index in [1.807, 2.05) is 59.5 Å². The van der Waals surface area contributed by atoms with Crippen LogP contribution in [0.3, 0.4) is 0 Å². The Morgan fingerprint density at radius 2 is 1.76 bits per heavy atom. The highest BCUT2D eigenvalue weighted by atomic mass is 16.3. The molecule has 0 saturated carbocycles. The summed E-state index contributed by atoms with van der Waals surface area (Å²) in [5.41, 5.74) is 3.28. The summed E-state index contributed by atoms with van der Waals surface area (Å²) in [4.78, 5) is 23.7. The molecule has 1 amide bonds. The summed E-state index contributed by atoms with van der Waals surface area (Å²) in [6, 6.07) is 17.5.